The van der Waals surface area contributed by atoms with E-state index in [9.17, 15) is 4.79 Å². The van der Waals surface area contributed by atoms with E-state index in [1.54, 1.807) is 18.4 Å². The standard InChI is InChI=1S/C18H16BrN3O2/c19-13-5-3-11(4-6-13)12-8-14(9-12)20-18(23)16-10-15(21-22-16)17-2-1-7-24-17/h1-7,10,12,14H,8-9H2,(H,20,23)(H,21,22). The number of aromatic amines is 1. The Morgan fingerprint density at radius 3 is 2.75 bits per heavy atom. The van der Waals surface area contributed by atoms with Crippen LogP contribution >= 0.6 is 15.9 Å². The first-order valence-electron chi connectivity index (χ1n) is 7.84. The van der Waals surface area contributed by atoms with Crippen molar-refractivity contribution in [2.75, 3.05) is 0 Å². The van der Waals surface area contributed by atoms with Crippen molar-refractivity contribution < 1.29 is 9.21 Å². The molecule has 1 aromatic carbocycles. The third-order valence-electron chi connectivity index (χ3n) is 4.41. The number of nitrogens with zero attached hydrogens (tertiary/aromatic N) is 1. The molecular formula is C18H16BrN3O2. The van der Waals surface area contributed by atoms with Crippen molar-refractivity contribution in [2.24, 2.45) is 0 Å². The molecule has 0 atom stereocenters. The molecule has 24 heavy (non-hydrogen) atoms. The molecule has 0 aliphatic heterocycles. The van der Waals surface area contributed by atoms with Gasteiger partial charge in [0.25, 0.3) is 5.91 Å². The minimum absolute atomic E-state index is 0.150. The van der Waals surface area contributed by atoms with Crippen molar-refractivity contribution >= 4 is 21.8 Å². The number of hydrogen-bond acceptors (Lipinski definition) is 3. The van der Waals surface area contributed by atoms with Crippen LogP contribution in [0.3, 0.4) is 0 Å². The van der Waals surface area contributed by atoms with E-state index in [0.717, 1.165) is 17.3 Å². The largest absolute Gasteiger partial charge is 0.463 e. The van der Waals surface area contributed by atoms with E-state index >= 15 is 0 Å². The second-order valence-corrected chi connectivity index (χ2v) is 6.95. The first-order chi connectivity index (χ1) is 11.7. The van der Waals surface area contributed by atoms with Crippen molar-refractivity contribution in [3.8, 4) is 11.5 Å². The summed E-state index contributed by atoms with van der Waals surface area (Å²) in [5.41, 5.74) is 2.41. The molecule has 0 bridgehead atoms. The summed E-state index contributed by atoms with van der Waals surface area (Å²) >= 11 is 3.45. The highest BCUT2D eigenvalue weighted by atomic mass is 79.9. The fourth-order valence-electron chi connectivity index (χ4n) is 3.00. The highest BCUT2D eigenvalue weighted by molar-refractivity contribution is 9.10. The third-order valence-corrected chi connectivity index (χ3v) is 4.94. The summed E-state index contributed by atoms with van der Waals surface area (Å²) in [4.78, 5) is 12.3. The molecule has 0 saturated heterocycles. The molecular weight excluding hydrogens is 370 g/mol. The van der Waals surface area contributed by atoms with Crippen LogP contribution in [0.4, 0.5) is 0 Å². The van der Waals surface area contributed by atoms with E-state index in [1.165, 1.54) is 5.56 Å². The van der Waals surface area contributed by atoms with Crippen LogP contribution in [0.1, 0.15) is 34.8 Å². The zero-order chi connectivity index (χ0) is 16.5. The van der Waals surface area contributed by atoms with Crippen LogP contribution in [0.25, 0.3) is 11.5 Å². The highest BCUT2D eigenvalue weighted by Crippen LogP contribution is 2.37. The lowest BCUT2D eigenvalue weighted by atomic mass is 9.76. The van der Waals surface area contributed by atoms with Crippen LogP contribution in [0, 0.1) is 0 Å². The number of aromatic nitrogens is 2. The van der Waals surface area contributed by atoms with Gasteiger partial charge in [-0.2, -0.15) is 5.10 Å². The molecule has 1 amide bonds. The van der Waals surface area contributed by atoms with Crippen LogP contribution in [0.2, 0.25) is 0 Å². The van der Waals surface area contributed by atoms with Crippen molar-refractivity contribution in [3.05, 3.63) is 64.5 Å². The number of amides is 1. The molecule has 1 aliphatic rings. The van der Waals surface area contributed by atoms with Crippen molar-refractivity contribution in [1.29, 1.82) is 0 Å². The summed E-state index contributed by atoms with van der Waals surface area (Å²) in [7, 11) is 0. The van der Waals surface area contributed by atoms with Gasteiger partial charge in [-0.05, 0) is 48.6 Å². The molecule has 2 aromatic heterocycles. The molecule has 3 aromatic rings. The normalized spacial score (nSPS) is 19.7. The zero-order valence-electron chi connectivity index (χ0n) is 12.8. The van der Waals surface area contributed by atoms with Gasteiger partial charge in [-0.3, -0.25) is 9.89 Å². The summed E-state index contributed by atoms with van der Waals surface area (Å²) < 4.78 is 6.38. The van der Waals surface area contributed by atoms with E-state index in [2.05, 4.69) is 55.7 Å². The van der Waals surface area contributed by atoms with E-state index in [0.29, 0.717) is 23.1 Å². The van der Waals surface area contributed by atoms with Crippen molar-refractivity contribution in [2.45, 2.75) is 24.8 Å². The Kier molecular flexibility index (Phi) is 3.98. The van der Waals surface area contributed by atoms with Gasteiger partial charge in [0.15, 0.2) is 11.5 Å². The number of benzene rings is 1. The Hall–Kier alpha value is -2.34. The number of H-pyrrole nitrogens is 1. The molecule has 1 aliphatic carbocycles. The summed E-state index contributed by atoms with van der Waals surface area (Å²) in [5.74, 6) is 1.03. The average Bonchev–Trinajstić information content (AvgIpc) is 3.22. The first kappa shape index (κ1) is 15.2. The smallest absolute Gasteiger partial charge is 0.272 e. The van der Waals surface area contributed by atoms with E-state index in [1.807, 2.05) is 6.07 Å². The topological polar surface area (TPSA) is 70.9 Å². The van der Waals surface area contributed by atoms with Crippen LogP contribution in [0.15, 0.2) is 57.6 Å². The Bertz CT molecular complexity index is 834. The SMILES string of the molecule is O=C(NC1CC(c2ccc(Br)cc2)C1)c1cc(-c2ccco2)[nH]n1. The van der Waals surface area contributed by atoms with Crippen molar-refractivity contribution in [1.82, 2.24) is 15.5 Å². The van der Waals surface area contributed by atoms with Crippen LogP contribution in [-0.4, -0.2) is 22.1 Å². The van der Waals surface area contributed by atoms with E-state index in [4.69, 9.17) is 4.42 Å². The van der Waals surface area contributed by atoms with Gasteiger partial charge in [-0.15, -0.1) is 0 Å². The molecule has 122 valence electrons. The molecule has 6 heteroatoms. The fraction of sp³-hybridized carbons (Fsp3) is 0.222. The first-order valence-corrected chi connectivity index (χ1v) is 8.64. The number of hydrogen-bond donors (Lipinski definition) is 2. The van der Waals surface area contributed by atoms with Gasteiger partial charge in [0.2, 0.25) is 0 Å². The summed E-state index contributed by atoms with van der Waals surface area (Å²) in [5, 5.41) is 9.94. The van der Waals surface area contributed by atoms with Crippen LogP contribution < -0.4 is 5.32 Å². The molecule has 2 N–H and O–H groups in total. The lowest BCUT2D eigenvalue weighted by Crippen LogP contribution is -2.43. The highest BCUT2D eigenvalue weighted by Gasteiger charge is 2.31. The van der Waals surface area contributed by atoms with Crippen LogP contribution in [0.5, 0.6) is 0 Å². The van der Waals surface area contributed by atoms with Gasteiger partial charge in [-0.25, -0.2) is 0 Å². The number of furan rings is 1. The van der Waals surface area contributed by atoms with Gasteiger partial charge in [0, 0.05) is 16.6 Å². The molecule has 5 nitrogen and oxygen atoms in total. The molecule has 0 radical (unpaired) electrons. The van der Waals surface area contributed by atoms with Crippen LogP contribution in [-0.2, 0) is 0 Å². The molecule has 2 heterocycles. The lowest BCUT2D eigenvalue weighted by Gasteiger charge is -2.36. The molecule has 1 saturated carbocycles. The second-order valence-electron chi connectivity index (χ2n) is 6.03. The van der Waals surface area contributed by atoms with Gasteiger partial charge in [-0.1, -0.05) is 28.1 Å². The van der Waals surface area contributed by atoms with Gasteiger partial charge >= 0.3 is 0 Å². The molecule has 0 spiro atoms. The molecule has 4 rings (SSSR count). The maximum absolute atomic E-state index is 12.3. The van der Waals surface area contributed by atoms with Crippen molar-refractivity contribution in [3.63, 3.8) is 0 Å². The number of rotatable bonds is 4. The summed E-state index contributed by atoms with van der Waals surface area (Å²) in [6, 6.07) is 13.9. The predicted molar refractivity (Wildman–Crippen MR) is 93.7 cm³/mol. The summed E-state index contributed by atoms with van der Waals surface area (Å²) in [6.45, 7) is 0. The number of carbonyl (C=O) groups is 1. The second kappa shape index (κ2) is 6.28. The van der Waals surface area contributed by atoms with E-state index < -0.39 is 0 Å². The Morgan fingerprint density at radius 1 is 1.25 bits per heavy atom. The number of carbonyl (C=O) groups excluding carboxylic acids is 1. The Balaban J connectivity index is 1.34. The monoisotopic (exact) mass is 385 g/mol. The quantitative estimate of drug-likeness (QED) is 0.709. The minimum Gasteiger partial charge on any atom is -0.463 e. The Labute approximate surface area is 147 Å². The number of halogens is 1. The molecule has 1 fully saturated rings. The van der Waals surface area contributed by atoms with Gasteiger partial charge < -0.3 is 9.73 Å². The predicted octanol–water partition coefficient (Wildman–Crippen LogP) is 4.11. The fourth-order valence-corrected chi connectivity index (χ4v) is 3.26. The molecule has 0 unspecified atom stereocenters. The lowest BCUT2D eigenvalue weighted by molar-refractivity contribution is 0.0904. The number of nitrogens with one attached hydrogen (secondary N) is 2. The average molecular weight is 386 g/mol. The third kappa shape index (κ3) is 3.01. The minimum atomic E-state index is -0.150. The van der Waals surface area contributed by atoms with E-state index in [-0.39, 0.29) is 11.9 Å². The van der Waals surface area contributed by atoms with Gasteiger partial charge in [0.05, 0.1) is 6.26 Å². The maximum Gasteiger partial charge on any atom is 0.272 e. The maximum atomic E-state index is 12.3. The Morgan fingerprint density at radius 2 is 2.04 bits per heavy atom. The van der Waals surface area contributed by atoms with Gasteiger partial charge in [0.1, 0.15) is 5.69 Å². The summed E-state index contributed by atoms with van der Waals surface area (Å²) in [6.07, 6.45) is 3.51. The zero-order valence-corrected chi connectivity index (χ0v) is 14.4.